The van der Waals surface area contributed by atoms with Crippen LogP contribution in [0.4, 0.5) is 32.0 Å². The fourth-order valence-corrected chi connectivity index (χ4v) is 4.14. The van der Waals surface area contributed by atoms with Gasteiger partial charge in [0.2, 0.25) is 0 Å². The van der Waals surface area contributed by atoms with E-state index in [0.29, 0.717) is 29.9 Å². The number of anilines is 1. The first kappa shape index (κ1) is 24.4. The molecule has 0 saturated carbocycles. The van der Waals surface area contributed by atoms with Crippen molar-refractivity contribution in [2.24, 2.45) is 0 Å². The Bertz CT molecular complexity index is 1550. The molecule has 0 fully saturated rings. The van der Waals surface area contributed by atoms with E-state index in [0.717, 1.165) is 16.4 Å². The molecule has 0 aliphatic heterocycles. The SMILES string of the molecule is Fc1cc(F)c(Cn2nc3c(C(F)(F)F)cccc3c2-c2cccc(NCc3ccccn3)c2)c(F)c1. The van der Waals surface area contributed by atoms with Gasteiger partial charge < -0.3 is 5.32 Å². The quantitative estimate of drug-likeness (QED) is 0.245. The fraction of sp³-hybridized carbons (Fsp3) is 0.111. The Balaban J connectivity index is 1.63. The number of benzene rings is 3. The highest BCUT2D eigenvalue weighted by Crippen LogP contribution is 2.38. The highest BCUT2D eigenvalue weighted by molar-refractivity contribution is 5.95. The van der Waals surface area contributed by atoms with Gasteiger partial charge >= 0.3 is 6.18 Å². The number of pyridine rings is 1. The molecule has 0 bridgehead atoms. The Morgan fingerprint density at radius 3 is 2.30 bits per heavy atom. The van der Waals surface area contributed by atoms with Crippen LogP contribution in [-0.4, -0.2) is 14.8 Å². The van der Waals surface area contributed by atoms with Crippen LogP contribution in [0.3, 0.4) is 0 Å². The van der Waals surface area contributed by atoms with Crippen LogP contribution in [0.1, 0.15) is 16.8 Å². The molecular weight excluding hydrogens is 494 g/mol. The number of aromatic nitrogens is 3. The summed E-state index contributed by atoms with van der Waals surface area (Å²) < 4.78 is 84.8. The Kier molecular flexibility index (Phi) is 6.32. The van der Waals surface area contributed by atoms with Gasteiger partial charge in [-0.1, -0.05) is 30.3 Å². The molecule has 3 aromatic carbocycles. The van der Waals surface area contributed by atoms with E-state index in [1.807, 2.05) is 12.1 Å². The van der Waals surface area contributed by atoms with Crippen molar-refractivity contribution < 1.29 is 26.3 Å². The van der Waals surface area contributed by atoms with Gasteiger partial charge in [-0.15, -0.1) is 0 Å². The molecule has 0 spiro atoms. The third-order valence-electron chi connectivity index (χ3n) is 5.82. The average Bonchev–Trinajstić information content (AvgIpc) is 3.23. The zero-order chi connectivity index (χ0) is 26.2. The van der Waals surface area contributed by atoms with Gasteiger partial charge in [0.15, 0.2) is 0 Å². The number of rotatable bonds is 6. The van der Waals surface area contributed by atoms with E-state index in [2.05, 4.69) is 15.4 Å². The molecule has 0 amide bonds. The summed E-state index contributed by atoms with van der Waals surface area (Å²) in [6.07, 6.45) is -3.04. The summed E-state index contributed by atoms with van der Waals surface area (Å²) in [7, 11) is 0. The molecule has 37 heavy (non-hydrogen) atoms. The smallest absolute Gasteiger partial charge is 0.379 e. The van der Waals surface area contributed by atoms with Crippen LogP contribution in [0.2, 0.25) is 0 Å². The predicted octanol–water partition coefficient (Wildman–Crippen LogP) is 7.19. The second kappa shape index (κ2) is 9.61. The first-order valence-electron chi connectivity index (χ1n) is 11.1. The van der Waals surface area contributed by atoms with Crippen LogP contribution in [0.15, 0.2) is 79.0 Å². The largest absolute Gasteiger partial charge is 0.418 e. The van der Waals surface area contributed by atoms with Crippen molar-refractivity contribution in [1.29, 1.82) is 0 Å². The lowest BCUT2D eigenvalue weighted by molar-refractivity contribution is -0.136. The molecule has 10 heteroatoms. The van der Waals surface area contributed by atoms with E-state index in [9.17, 15) is 26.3 Å². The number of nitrogens with one attached hydrogen (secondary N) is 1. The molecule has 4 nitrogen and oxygen atoms in total. The number of nitrogens with zero attached hydrogens (tertiary/aromatic N) is 3. The summed E-state index contributed by atoms with van der Waals surface area (Å²) in [5.41, 5.74) is 0.264. The topological polar surface area (TPSA) is 42.7 Å². The van der Waals surface area contributed by atoms with E-state index in [-0.39, 0.29) is 16.6 Å². The van der Waals surface area contributed by atoms with Gasteiger partial charge in [0.05, 0.1) is 30.0 Å². The van der Waals surface area contributed by atoms with Gasteiger partial charge in [-0.25, -0.2) is 13.2 Å². The molecule has 188 valence electrons. The molecule has 0 aliphatic rings. The van der Waals surface area contributed by atoms with E-state index in [1.54, 1.807) is 36.5 Å². The zero-order valence-corrected chi connectivity index (χ0v) is 19.0. The molecular formula is C27H18F6N4. The van der Waals surface area contributed by atoms with Crippen molar-refractivity contribution in [2.75, 3.05) is 5.32 Å². The molecule has 0 radical (unpaired) electrons. The van der Waals surface area contributed by atoms with Crippen LogP contribution in [0.25, 0.3) is 22.2 Å². The number of hydrogen-bond acceptors (Lipinski definition) is 3. The number of fused-ring (bicyclic) bond motifs is 1. The van der Waals surface area contributed by atoms with Crippen molar-refractivity contribution in [3.8, 4) is 11.3 Å². The molecule has 0 unspecified atom stereocenters. The van der Waals surface area contributed by atoms with Crippen molar-refractivity contribution >= 4 is 16.6 Å². The normalized spacial score (nSPS) is 11.7. The fourth-order valence-electron chi connectivity index (χ4n) is 4.14. The first-order chi connectivity index (χ1) is 17.7. The minimum absolute atomic E-state index is 0.152. The van der Waals surface area contributed by atoms with Crippen LogP contribution in [0, 0.1) is 17.5 Å². The highest BCUT2D eigenvalue weighted by Gasteiger charge is 2.34. The molecule has 0 aliphatic carbocycles. The summed E-state index contributed by atoms with van der Waals surface area (Å²) in [6.45, 7) is -0.153. The Morgan fingerprint density at radius 2 is 1.59 bits per heavy atom. The maximum absolute atomic E-state index is 14.5. The predicted molar refractivity (Wildman–Crippen MR) is 127 cm³/mol. The van der Waals surface area contributed by atoms with Crippen molar-refractivity contribution in [3.05, 3.63) is 113 Å². The van der Waals surface area contributed by atoms with Crippen molar-refractivity contribution in [1.82, 2.24) is 14.8 Å². The molecule has 5 aromatic rings. The van der Waals surface area contributed by atoms with E-state index >= 15 is 0 Å². The van der Waals surface area contributed by atoms with Crippen LogP contribution >= 0.6 is 0 Å². The lowest BCUT2D eigenvalue weighted by atomic mass is 10.0. The molecule has 0 atom stereocenters. The Labute approximate surface area is 207 Å². The van der Waals surface area contributed by atoms with Crippen LogP contribution < -0.4 is 5.32 Å². The Morgan fingerprint density at radius 1 is 0.838 bits per heavy atom. The van der Waals surface area contributed by atoms with Gasteiger partial charge in [0, 0.05) is 40.5 Å². The molecule has 5 rings (SSSR count). The second-order valence-electron chi connectivity index (χ2n) is 8.31. The van der Waals surface area contributed by atoms with Gasteiger partial charge in [0.1, 0.15) is 23.0 Å². The van der Waals surface area contributed by atoms with Crippen molar-refractivity contribution in [2.45, 2.75) is 19.3 Å². The number of alkyl halides is 3. The zero-order valence-electron chi connectivity index (χ0n) is 19.0. The summed E-state index contributed by atoms with van der Waals surface area (Å²) in [4.78, 5) is 4.24. The van der Waals surface area contributed by atoms with Gasteiger partial charge in [-0.05, 0) is 30.3 Å². The monoisotopic (exact) mass is 512 g/mol. The van der Waals surface area contributed by atoms with Crippen LogP contribution in [0.5, 0.6) is 0 Å². The maximum Gasteiger partial charge on any atom is 0.418 e. The lowest BCUT2D eigenvalue weighted by Gasteiger charge is -2.12. The number of hydrogen-bond donors (Lipinski definition) is 1. The van der Waals surface area contributed by atoms with Gasteiger partial charge in [-0.2, -0.15) is 18.3 Å². The van der Waals surface area contributed by atoms with E-state index < -0.39 is 41.3 Å². The number of halogens is 6. The summed E-state index contributed by atoms with van der Waals surface area (Å²) in [5, 5.41) is 7.48. The maximum atomic E-state index is 14.5. The second-order valence-corrected chi connectivity index (χ2v) is 8.31. The summed E-state index contributed by atoms with van der Waals surface area (Å²) >= 11 is 0. The van der Waals surface area contributed by atoms with Crippen LogP contribution in [-0.2, 0) is 19.3 Å². The lowest BCUT2D eigenvalue weighted by Crippen LogP contribution is -2.09. The minimum Gasteiger partial charge on any atom is -0.379 e. The third kappa shape index (κ3) is 5.00. The van der Waals surface area contributed by atoms with E-state index in [1.165, 1.54) is 12.1 Å². The molecule has 1 N–H and O–H groups in total. The molecule has 0 saturated heterocycles. The van der Waals surface area contributed by atoms with E-state index in [4.69, 9.17) is 0 Å². The highest BCUT2D eigenvalue weighted by atomic mass is 19.4. The van der Waals surface area contributed by atoms with Gasteiger partial charge in [0.25, 0.3) is 0 Å². The van der Waals surface area contributed by atoms with Gasteiger partial charge in [-0.3, -0.25) is 9.67 Å². The average molecular weight is 512 g/mol. The molecule has 2 aromatic heterocycles. The minimum atomic E-state index is -4.70. The summed E-state index contributed by atoms with van der Waals surface area (Å²) in [5.74, 6) is -3.43. The third-order valence-corrected chi connectivity index (χ3v) is 5.82. The Hall–Kier alpha value is -4.34. The summed E-state index contributed by atoms with van der Waals surface area (Å²) in [6, 6.07) is 17.0. The standard InChI is InChI=1S/C27H18F6N4/c28-17-12-23(29)21(24(30)13-17)15-37-26(20-8-4-9-22(25(20)36-37)27(31,32)33)16-5-3-7-18(11-16)35-14-19-6-1-2-10-34-19/h1-13,35H,14-15H2. The first-order valence-corrected chi connectivity index (χ1v) is 11.1. The van der Waals surface area contributed by atoms with Crippen molar-refractivity contribution in [3.63, 3.8) is 0 Å². The molecule has 2 heterocycles.